The zero-order chi connectivity index (χ0) is 20.5. The fraction of sp³-hybridized carbons (Fsp3) is 0.435. The van der Waals surface area contributed by atoms with E-state index in [0.717, 1.165) is 49.0 Å². The highest BCUT2D eigenvalue weighted by Crippen LogP contribution is 2.43. The number of ether oxygens (including phenoxy) is 1. The molecule has 152 valence electrons. The van der Waals surface area contributed by atoms with Crippen LogP contribution < -0.4 is 0 Å². The standard InChI is InChI=1S/C23H27N3O3/c1-25(2)22(27)18-8-4-6-16(12-18)17-7-5-9-19(13-17)26-21(15-10-11-15)20(14-24-26)23(28)29-3/h5,7,9,12-15,18H,4,6,8,10-11H2,1-3H3. The molecule has 1 aromatic carbocycles. The number of allylic oxidation sites excluding steroid dienone is 1. The lowest BCUT2D eigenvalue weighted by atomic mass is 9.86. The average Bonchev–Trinajstić information content (AvgIpc) is 3.50. The van der Waals surface area contributed by atoms with E-state index in [-0.39, 0.29) is 17.8 Å². The van der Waals surface area contributed by atoms with Crippen molar-refractivity contribution in [1.29, 1.82) is 0 Å². The first-order chi connectivity index (χ1) is 14.0. The Hall–Kier alpha value is -2.89. The fourth-order valence-electron chi connectivity index (χ4n) is 4.11. The van der Waals surface area contributed by atoms with Crippen molar-refractivity contribution in [3.63, 3.8) is 0 Å². The van der Waals surface area contributed by atoms with Crippen LogP contribution in [0.15, 0.2) is 36.5 Å². The Bertz CT molecular complexity index is 969. The fourth-order valence-corrected chi connectivity index (χ4v) is 4.11. The van der Waals surface area contributed by atoms with Crippen molar-refractivity contribution in [1.82, 2.24) is 14.7 Å². The summed E-state index contributed by atoms with van der Waals surface area (Å²) in [7, 11) is 5.01. The normalized spacial score (nSPS) is 18.9. The van der Waals surface area contributed by atoms with E-state index in [9.17, 15) is 9.59 Å². The van der Waals surface area contributed by atoms with Gasteiger partial charge in [-0.2, -0.15) is 5.10 Å². The molecule has 29 heavy (non-hydrogen) atoms. The molecule has 1 atom stereocenters. The van der Waals surface area contributed by atoms with Gasteiger partial charge in [-0.3, -0.25) is 4.79 Å². The number of esters is 1. The molecule has 4 rings (SSSR count). The third kappa shape index (κ3) is 3.84. The van der Waals surface area contributed by atoms with Crippen LogP contribution in [0.2, 0.25) is 0 Å². The van der Waals surface area contributed by atoms with Gasteiger partial charge in [-0.05, 0) is 55.4 Å². The predicted octanol–water partition coefficient (Wildman–Crippen LogP) is 3.81. The Balaban J connectivity index is 1.69. The summed E-state index contributed by atoms with van der Waals surface area (Å²) in [5.41, 5.74) is 4.73. The van der Waals surface area contributed by atoms with Crippen molar-refractivity contribution in [3.05, 3.63) is 53.4 Å². The van der Waals surface area contributed by atoms with Gasteiger partial charge < -0.3 is 9.64 Å². The summed E-state index contributed by atoms with van der Waals surface area (Å²) in [4.78, 5) is 26.2. The van der Waals surface area contributed by atoms with Crippen molar-refractivity contribution < 1.29 is 14.3 Å². The highest BCUT2D eigenvalue weighted by Gasteiger charge is 2.33. The number of nitrogens with zero attached hydrogens (tertiary/aromatic N) is 3. The molecule has 0 bridgehead atoms. The van der Waals surface area contributed by atoms with Crippen LogP contribution in [-0.2, 0) is 9.53 Å². The van der Waals surface area contributed by atoms with E-state index in [1.807, 2.05) is 16.8 Å². The van der Waals surface area contributed by atoms with Gasteiger partial charge in [-0.25, -0.2) is 9.48 Å². The Morgan fingerprint density at radius 3 is 2.69 bits per heavy atom. The average molecular weight is 393 g/mol. The van der Waals surface area contributed by atoms with Gasteiger partial charge in [0, 0.05) is 20.0 Å². The third-order valence-electron chi connectivity index (χ3n) is 5.76. The van der Waals surface area contributed by atoms with Gasteiger partial charge >= 0.3 is 5.97 Å². The molecule has 6 nitrogen and oxygen atoms in total. The number of carbonyl (C=O) groups excluding carboxylic acids is 2. The quantitative estimate of drug-likeness (QED) is 0.725. The van der Waals surface area contributed by atoms with Crippen molar-refractivity contribution in [2.75, 3.05) is 21.2 Å². The molecule has 1 aromatic heterocycles. The topological polar surface area (TPSA) is 64.4 Å². The molecular formula is C23H27N3O3. The molecule has 0 saturated heterocycles. The number of benzene rings is 1. The van der Waals surface area contributed by atoms with Gasteiger partial charge in [-0.1, -0.05) is 18.2 Å². The summed E-state index contributed by atoms with van der Waals surface area (Å²) in [5.74, 6) is 0.111. The highest BCUT2D eigenvalue weighted by atomic mass is 16.5. The molecule has 2 aliphatic carbocycles. The van der Waals surface area contributed by atoms with Crippen LogP contribution in [0.3, 0.4) is 0 Å². The largest absolute Gasteiger partial charge is 0.465 e. The number of carbonyl (C=O) groups is 2. The Morgan fingerprint density at radius 2 is 2.00 bits per heavy atom. The number of amides is 1. The second kappa shape index (κ2) is 7.85. The van der Waals surface area contributed by atoms with Gasteiger partial charge in [0.25, 0.3) is 0 Å². The summed E-state index contributed by atoms with van der Waals surface area (Å²) in [6, 6.07) is 8.21. The molecule has 0 aliphatic heterocycles. The number of aromatic nitrogens is 2. The Labute approximate surface area is 171 Å². The minimum absolute atomic E-state index is 0.0601. The van der Waals surface area contributed by atoms with Crippen LogP contribution in [0, 0.1) is 5.92 Å². The number of hydrogen-bond acceptors (Lipinski definition) is 4. The number of methoxy groups -OCH3 is 1. The molecule has 2 aromatic rings. The van der Waals surface area contributed by atoms with Crippen LogP contribution in [-0.4, -0.2) is 47.8 Å². The van der Waals surface area contributed by atoms with E-state index < -0.39 is 0 Å². The van der Waals surface area contributed by atoms with Crippen molar-refractivity contribution in [2.45, 2.75) is 38.0 Å². The highest BCUT2D eigenvalue weighted by molar-refractivity contribution is 5.91. The van der Waals surface area contributed by atoms with E-state index in [4.69, 9.17) is 4.74 Å². The second-order valence-corrected chi connectivity index (χ2v) is 8.09. The van der Waals surface area contributed by atoms with E-state index in [1.165, 1.54) is 12.7 Å². The van der Waals surface area contributed by atoms with Gasteiger partial charge in [0.15, 0.2) is 0 Å². The van der Waals surface area contributed by atoms with Crippen molar-refractivity contribution in [2.24, 2.45) is 5.92 Å². The smallest absolute Gasteiger partial charge is 0.341 e. The van der Waals surface area contributed by atoms with Crippen molar-refractivity contribution in [3.8, 4) is 5.69 Å². The maximum Gasteiger partial charge on any atom is 0.341 e. The van der Waals surface area contributed by atoms with Crippen LogP contribution in [0.25, 0.3) is 11.3 Å². The third-order valence-corrected chi connectivity index (χ3v) is 5.76. The molecule has 0 spiro atoms. The lowest BCUT2D eigenvalue weighted by molar-refractivity contribution is -0.131. The van der Waals surface area contributed by atoms with Crippen LogP contribution >= 0.6 is 0 Å². The molecule has 1 fully saturated rings. The number of hydrogen-bond donors (Lipinski definition) is 0. The molecule has 2 aliphatic rings. The second-order valence-electron chi connectivity index (χ2n) is 8.09. The summed E-state index contributed by atoms with van der Waals surface area (Å²) in [6.45, 7) is 0. The molecule has 1 amide bonds. The zero-order valence-corrected chi connectivity index (χ0v) is 17.2. The van der Waals surface area contributed by atoms with E-state index in [0.29, 0.717) is 11.5 Å². The molecule has 0 N–H and O–H groups in total. The molecule has 6 heteroatoms. The van der Waals surface area contributed by atoms with Gasteiger partial charge in [0.2, 0.25) is 5.91 Å². The predicted molar refractivity (Wildman–Crippen MR) is 111 cm³/mol. The first kappa shape index (κ1) is 19.4. The maximum atomic E-state index is 12.4. The van der Waals surface area contributed by atoms with Gasteiger partial charge in [0.05, 0.1) is 30.6 Å². The molecule has 1 unspecified atom stereocenters. The van der Waals surface area contributed by atoms with Crippen LogP contribution in [0.5, 0.6) is 0 Å². The van der Waals surface area contributed by atoms with E-state index in [2.05, 4.69) is 23.3 Å². The molecule has 0 radical (unpaired) electrons. The summed E-state index contributed by atoms with van der Waals surface area (Å²) < 4.78 is 6.81. The lowest BCUT2D eigenvalue weighted by Gasteiger charge is -2.23. The summed E-state index contributed by atoms with van der Waals surface area (Å²) >= 11 is 0. The van der Waals surface area contributed by atoms with Crippen molar-refractivity contribution >= 4 is 17.4 Å². The van der Waals surface area contributed by atoms with Crippen LogP contribution in [0.4, 0.5) is 0 Å². The monoisotopic (exact) mass is 393 g/mol. The van der Waals surface area contributed by atoms with Gasteiger partial charge in [0.1, 0.15) is 5.56 Å². The number of rotatable bonds is 5. The Morgan fingerprint density at radius 1 is 1.21 bits per heavy atom. The van der Waals surface area contributed by atoms with E-state index >= 15 is 0 Å². The molecule has 1 saturated carbocycles. The minimum atomic E-state index is -0.339. The van der Waals surface area contributed by atoms with E-state index in [1.54, 1.807) is 25.2 Å². The lowest BCUT2D eigenvalue weighted by Crippen LogP contribution is -2.29. The maximum absolute atomic E-state index is 12.4. The SMILES string of the molecule is COC(=O)c1cnn(-c2cccc(C3=CC(C(=O)N(C)C)CCC3)c2)c1C1CC1. The van der Waals surface area contributed by atoms with Gasteiger partial charge in [-0.15, -0.1) is 0 Å². The molecule has 1 heterocycles. The minimum Gasteiger partial charge on any atom is -0.465 e. The summed E-state index contributed by atoms with van der Waals surface area (Å²) in [5, 5.41) is 4.50. The first-order valence-corrected chi connectivity index (χ1v) is 10.2. The summed E-state index contributed by atoms with van der Waals surface area (Å²) in [6.07, 6.45) is 8.72. The Kier molecular flexibility index (Phi) is 5.26. The first-order valence-electron chi connectivity index (χ1n) is 10.2. The zero-order valence-electron chi connectivity index (χ0n) is 17.2. The molecular weight excluding hydrogens is 366 g/mol. The van der Waals surface area contributed by atoms with Crippen LogP contribution in [0.1, 0.15) is 59.6 Å².